The first-order valence-electron chi connectivity index (χ1n) is 38.7. The first-order chi connectivity index (χ1) is 56.4. The van der Waals surface area contributed by atoms with E-state index in [2.05, 4.69) is 280 Å². The zero-order valence-corrected chi connectivity index (χ0v) is 65.5. The van der Waals surface area contributed by atoms with Crippen molar-refractivity contribution >= 4 is 97.7 Å². The quantitative estimate of drug-likeness (QED) is 0.155. The molecule has 21 rings (SSSR count). The number of benzene rings is 14. The Morgan fingerprint density at radius 1 is 0.217 bits per heavy atom. The van der Waals surface area contributed by atoms with Crippen molar-refractivity contribution in [3.8, 4) is 56.3 Å². The minimum atomic E-state index is 0.793. The zero-order chi connectivity index (χ0) is 78.8. The van der Waals surface area contributed by atoms with E-state index in [4.69, 9.17) is 4.98 Å². The highest BCUT2D eigenvalue weighted by Gasteiger charge is 2.12. The van der Waals surface area contributed by atoms with Gasteiger partial charge in [0.15, 0.2) is 5.82 Å². The molecule has 9 nitrogen and oxygen atoms in total. The molecule has 14 aromatic carbocycles. The van der Waals surface area contributed by atoms with Crippen LogP contribution in [0, 0.1) is 48.5 Å². The summed E-state index contributed by atoms with van der Waals surface area (Å²) in [6.07, 6.45) is 5.83. The molecule has 0 saturated carbocycles. The van der Waals surface area contributed by atoms with E-state index in [0.717, 1.165) is 95.1 Å². The summed E-state index contributed by atoms with van der Waals surface area (Å²) in [5.74, 6) is 1.60. The number of nitrogens with zero attached hydrogens (tertiary/aromatic N) is 9. The number of fused-ring (bicyclic) bond motifs is 11. The number of hydrogen-bond donors (Lipinski definition) is 0. The van der Waals surface area contributed by atoms with Crippen molar-refractivity contribution in [1.82, 2.24) is 44.9 Å². The lowest BCUT2D eigenvalue weighted by Crippen LogP contribution is -1.93. The number of para-hydroxylation sites is 4. The van der Waals surface area contributed by atoms with Gasteiger partial charge < -0.3 is 0 Å². The van der Waals surface area contributed by atoms with Crippen LogP contribution in [0.4, 0.5) is 0 Å². The molecule has 21 aromatic rings. The monoisotopic (exact) mass is 1480 g/mol. The number of aryl methyl sites for hydroxylation is 7. The molecule has 0 aliphatic rings. The summed E-state index contributed by atoms with van der Waals surface area (Å²) >= 11 is 0. The molecule has 115 heavy (non-hydrogen) atoms. The van der Waals surface area contributed by atoms with E-state index in [-0.39, 0.29) is 0 Å². The molecule has 0 spiro atoms. The summed E-state index contributed by atoms with van der Waals surface area (Å²) in [4.78, 5) is 40.9. The highest BCUT2D eigenvalue weighted by Crippen LogP contribution is 2.33. The van der Waals surface area contributed by atoms with E-state index in [1.54, 1.807) is 0 Å². The van der Waals surface area contributed by atoms with E-state index < -0.39 is 0 Å². The SMILES string of the molecule is Cc1c(-c2ccccc2)ncc2ccccc12.Cc1cc(-c2ccccc2)c2ccccc2n1.Cc1cc(-c2ccccc2)nc2ccccc12.Cc1ccc2c(c1)ncc1ccccc12.Cc1ccc2ncc3ccccc3c2c1.Cc1nc(-c2ccccc2)c2ccccc2n1.Cc1nc(-c2ccccc2)nc2ccccc12. The lowest BCUT2D eigenvalue weighted by molar-refractivity contribution is 1.10. The Balaban J connectivity index is 0.000000106. The van der Waals surface area contributed by atoms with Crippen LogP contribution >= 0.6 is 0 Å². The summed E-state index contributed by atoms with van der Waals surface area (Å²) in [5, 5.41) is 14.6. The van der Waals surface area contributed by atoms with Gasteiger partial charge in [0, 0.05) is 101 Å². The molecule has 0 unspecified atom stereocenters. The van der Waals surface area contributed by atoms with Crippen LogP contribution in [0.25, 0.3) is 154 Å². The number of hydrogen-bond acceptors (Lipinski definition) is 9. The summed E-state index contributed by atoms with van der Waals surface area (Å²) in [6.45, 7) is 14.5. The second-order valence-electron chi connectivity index (χ2n) is 28.3. The Morgan fingerprint density at radius 2 is 0.643 bits per heavy atom. The summed E-state index contributed by atoms with van der Waals surface area (Å²) < 4.78 is 0. The van der Waals surface area contributed by atoms with Gasteiger partial charge in [0.05, 0.1) is 50.2 Å². The number of rotatable bonds is 5. The van der Waals surface area contributed by atoms with Crippen LogP contribution in [0.5, 0.6) is 0 Å². The first kappa shape index (κ1) is 75.7. The van der Waals surface area contributed by atoms with E-state index in [1.807, 2.05) is 197 Å². The Labute approximate surface area is 671 Å². The van der Waals surface area contributed by atoms with Gasteiger partial charge in [-0.25, -0.2) is 24.9 Å². The molecular weight excluding hydrogens is 1400 g/mol. The van der Waals surface area contributed by atoms with Crippen molar-refractivity contribution in [3.63, 3.8) is 0 Å². The van der Waals surface area contributed by atoms with Crippen molar-refractivity contribution in [3.05, 3.63) is 428 Å². The first-order valence-corrected chi connectivity index (χ1v) is 38.7. The molecule has 0 aliphatic carbocycles. The van der Waals surface area contributed by atoms with Gasteiger partial charge in [0.25, 0.3) is 0 Å². The highest BCUT2D eigenvalue weighted by molar-refractivity contribution is 6.07. The van der Waals surface area contributed by atoms with Crippen LogP contribution in [0.1, 0.15) is 39.5 Å². The Kier molecular flexibility index (Phi) is 23.7. The minimum Gasteiger partial charge on any atom is -0.256 e. The predicted molar refractivity (Wildman–Crippen MR) is 483 cm³/mol. The van der Waals surface area contributed by atoms with Crippen LogP contribution in [-0.4, -0.2) is 44.9 Å². The fraction of sp³-hybridized carbons (Fsp3) is 0.0660. The maximum absolute atomic E-state index is 4.71. The number of aromatic nitrogens is 9. The van der Waals surface area contributed by atoms with E-state index in [0.29, 0.717) is 0 Å². The molecule has 0 atom stereocenters. The molecule has 554 valence electrons. The fourth-order valence-corrected chi connectivity index (χ4v) is 14.4. The average molecular weight is 1480 g/mol. The third-order valence-corrected chi connectivity index (χ3v) is 20.1. The van der Waals surface area contributed by atoms with E-state index >= 15 is 0 Å². The summed E-state index contributed by atoms with van der Waals surface area (Å²) in [7, 11) is 0. The van der Waals surface area contributed by atoms with Gasteiger partial charge >= 0.3 is 0 Å². The van der Waals surface area contributed by atoms with Gasteiger partial charge in [0.2, 0.25) is 0 Å². The smallest absolute Gasteiger partial charge is 0.160 e. The second kappa shape index (κ2) is 36.0. The molecule has 0 N–H and O–H groups in total. The molecule has 0 aliphatic heterocycles. The summed E-state index contributed by atoms with van der Waals surface area (Å²) in [6, 6.07) is 126. The second-order valence-corrected chi connectivity index (χ2v) is 28.3. The normalized spacial score (nSPS) is 10.7. The molecule has 7 aromatic heterocycles. The van der Waals surface area contributed by atoms with Crippen LogP contribution in [-0.2, 0) is 0 Å². The molecular formula is C106H85N9. The Hall–Kier alpha value is -14.7. The molecule has 0 radical (unpaired) electrons. The topological polar surface area (TPSA) is 116 Å². The fourth-order valence-electron chi connectivity index (χ4n) is 14.4. The third kappa shape index (κ3) is 18.2. The minimum absolute atomic E-state index is 0.793. The zero-order valence-electron chi connectivity index (χ0n) is 65.5. The van der Waals surface area contributed by atoms with Crippen LogP contribution in [0.15, 0.2) is 389 Å². The maximum Gasteiger partial charge on any atom is 0.160 e. The van der Waals surface area contributed by atoms with Gasteiger partial charge in [-0.3, -0.25) is 19.9 Å². The standard InChI is InChI=1S/3C16H13N.2C15H12N2.2C14H11N/c1-12-15-10-6-5-9-14(15)11-17-16(12)13-7-3-2-4-8-13;1-12-11-15(13-7-3-2-4-8-13)14-9-5-6-10-16(14)17-12;1-12-11-16(13-7-3-2-4-8-13)17-15-10-6-5-9-14(12)15;1-11-16-14-10-6-5-9-13(14)15(17-11)12-7-3-2-4-8-12;1-11-13-9-5-6-10-14(13)17-15(16-11)12-7-3-2-4-8-12;1-10-6-7-14-13(8-10)12-5-3-2-4-11(12)9-15-14;1-10-6-7-13-12-5-3-2-4-11(12)9-15-14(13)8-10/h3*2-11H,1H3;2*2-10H,1H3;2*2-9H,1H3. The maximum atomic E-state index is 4.71. The Bertz CT molecular complexity index is 6670. The molecule has 7 heterocycles. The van der Waals surface area contributed by atoms with Crippen molar-refractivity contribution < 1.29 is 0 Å². The highest BCUT2D eigenvalue weighted by atomic mass is 14.9. The van der Waals surface area contributed by atoms with Crippen molar-refractivity contribution in [2.24, 2.45) is 0 Å². The molecule has 9 heteroatoms. The van der Waals surface area contributed by atoms with Crippen LogP contribution in [0.2, 0.25) is 0 Å². The van der Waals surface area contributed by atoms with Gasteiger partial charge in [-0.1, -0.05) is 321 Å². The van der Waals surface area contributed by atoms with Crippen LogP contribution < -0.4 is 0 Å². The average Bonchev–Trinajstić information content (AvgIpc) is 0.765. The predicted octanol–water partition coefficient (Wildman–Crippen LogP) is 27.2. The van der Waals surface area contributed by atoms with Crippen LogP contribution in [0.3, 0.4) is 0 Å². The molecule has 0 amide bonds. The van der Waals surface area contributed by atoms with Gasteiger partial charge in [-0.05, 0) is 147 Å². The molecule has 0 saturated heterocycles. The largest absolute Gasteiger partial charge is 0.256 e. The lowest BCUT2D eigenvalue weighted by Gasteiger charge is -2.08. The van der Waals surface area contributed by atoms with E-state index in [1.165, 1.54) is 98.4 Å². The Morgan fingerprint density at radius 3 is 1.25 bits per heavy atom. The van der Waals surface area contributed by atoms with Crippen molar-refractivity contribution in [2.75, 3.05) is 0 Å². The van der Waals surface area contributed by atoms with Gasteiger partial charge in [-0.15, -0.1) is 0 Å². The lowest BCUT2D eigenvalue weighted by atomic mass is 10.0. The van der Waals surface area contributed by atoms with Gasteiger partial charge in [0.1, 0.15) is 5.82 Å². The molecule has 0 bridgehead atoms. The number of pyridine rings is 5. The van der Waals surface area contributed by atoms with Crippen molar-refractivity contribution in [2.45, 2.75) is 48.5 Å². The van der Waals surface area contributed by atoms with Gasteiger partial charge in [-0.2, -0.15) is 0 Å². The summed E-state index contributed by atoms with van der Waals surface area (Å²) in [5.41, 5.74) is 23.6. The molecule has 0 fully saturated rings. The van der Waals surface area contributed by atoms with Crippen molar-refractivity contribution in [1.29, 1.82) is 0 Å². The van der Waals surface area contributed by atoms with E-state index in [9.17, 15) is 0 Å². The third-order valence-electron chi connectivity index (χ3n) is 20.1.